The van der Waals surface area contributed by atoms with Gasteiger partial charge in [0.05, 0.1) is 0 Å². The minimum Gasteiger partial charge on any atom is -0.356 e. The zero-order valence-electron chi connectivity index (χ0n) is 16.5. The molecule has 27 heavy (non-hydrogen) atoms. The fraction of sp³-hybridized carbons (Fsp3) is 0.818. The van der Waals surface area contributed by atoms with Crippen LogP contribution < -0.4 is 16.0 Å². The Bertz CT molecular complexity index is 563. The molecule has 0 heterocycles. The number of hydrogen-bond donors (Lipinski definition) is 3. The van der Waals surface area contributed by atoms with Crippen molar-refractivity contribution in [2.24, 2.45) is 17.8 Å². The third-order valence-electron chi connectivity index (χ3n) is 7.21. The molecular formula is C22H35N3O2. The first-order valence-corrected chi connectivity index (χ1v) is 11.1. The molecule has 4 saturated carbocycles. The van der Waals surface area contributed by atoms with Crippen molar-refractivity contribution < 1.29 is 9.59 Å². The van der Waals surface area contributed by atoms with E-state index in [4.69, 9.17) is 0 Å². The minimum absolute atomic E-state index is 0.0292. The van der Waals surface area contributed by atoms with Crippen LogP contribution in [0.4, 0.5) is 4.79 Å². The van der Waals surface area contributed by atoms with Crippen molar-refractivity contribution in [1.82, 2.24) is 16.0 Å². The molecule has 0 aromatic rings. The van der Waals surface area contributed by atoms with Crippen molar-refractivity contribution in [3.63, 3.8) is 0 Å². The molecule has 0 spiro atoms. The van der Waals surface area contributed by atoms with E-state index >= 15 is 0 Å². The molecule has 3 N–H and O–H groups in total. The molecule has 5 aliphatic rings. The van der Waals surface area contributed by atoms with Crippen molar-refractivity contribution in [3.8, 4) is 0 Å². The highest BCUT2D eigenvalue weighted by Crippen LogP contribution is 2.55. The summed E-state index contributed by atoms with van der Waals surface area (Å²) in [6.45, 7) is 1.12. The largest absolute Gasteiger partial charge is 0.356 e. The van der Waals surface area contributed by atoms with Gasteiger partial charge >= 0.3 is 6.03 Å². The molecule has 5 rings (SSSR count). The van der Waals surface area contributed by atoms with Crippen molar-refractivity contribution in [1.29, 1.82) is 0 Å². The van der Waals surface area contributed by atoms with Crippen LogP contribution in [0.25, 0.3) is 0 Å². The van der Waals surface area contributed by atoms with Gasteiger partial charge in [-0.25, -0.2) is 4.79 Å². The van der Waals surface area contributed by atoms with E-state index in [0.29, 0.717) is 19.5 Å². The van der Waals surface area contributed by atoms with E-state index in [9.17, 15) is 9.59 Å². The molecule has 0 radical (unpaired) electrons. The van der Waals surface area contributed by atoms with Gasteiger partial charge in [0, 0.05) is 25.0 Å². The molecule has 4 bridgehead atoms. The Hall–Kier alpha value is -1.52. The second-order valence-electron chi connectivity index (χ2n) is 9.54. The molecule has 150 valence electrons. The van der Waals surface area contributed by atoms with Gasteiger partial charge in [-0.15, -0.1) is 0 Å². The van der Waals surface area contributed by atoms with Crippen LogP contribution in [0, 0.1) is 17.8 Å². The molecule has 5 heteroatoms. The topological polar surface area (TPSA) is 70.2 Å². The number of nitrogens with one attached hydrogen (secondary N) is 3. The SMILES string of the molecule is O=C(CCNC(=O)NC12CC3CC(CC(C3)C1)C2)NCCC1=CCCCC1. The van der Waals surface area contributed by atoms with E-state index in [2.05, 4.69) is 22.0 Å². The van der Waals surface area contributed by atoms with Crippen LogP contribution >= 0.6 is 0 Å². The predicted octanol–water partition coefficient (Wildman–Crippen LogP) is 3.65. The monoisotopic (exact) mass is 373 g/mol. The lowest BCUT2D eigenvalue weighted by molar-refractivity contribution is -0.120. The van der Waals surface area contributed by atoms with Crippen LogP contribution in [0.2, 0.25) is 0 Å². The van der Waals surface area contributed by atoms with Gasteiger partial charge in [-0.3, -0.25) is 4.79 Å². The normalized spacial score (nSPS) is 34.1. The smallest absolute Gasteiger partial charge is 0.315 e. The Morgan fingerprint density at radius 2 is 1.67 bits per heavy atom. The second kappa shape index (κ2) is 8.24. The highest BCUT2D eigenvalue weighted by molar-refractivity contribution is 5.78. The van der Waals surface area contributed by atoms with Gasteiger partial charge in [-0.2, -0.15) is 0 Å². The quantitative estimate of drug-likeness (QED) is 0.596. The molecular weight excluding hydrogens is 338 g/mol. The van der Waals surface area contributed by atoms with Crippen molar-refractivity contribution in [3.05, 3.63) is 11.6 Å². The second-order valence-corrected chi connectivity index (χ2v) is 9.54. The third kappa shape index (κ3) is 4.85. The minimum atomic E-state index is -0.0860. The summed E-state index contributed by atoms with van der Waals surface area (Å²) in [6, 6.07) is -0.0860. The maximum absolute atomic E-state index is 12.4. The molecule has 5 aliphatic carbocycles. The summed E-state index contributed by atoms with van der Waals surface area (Å²) in [5, 5.41) is 9.18. The van der Waals surface area contributed by atoms with Crippen molar-refractivity contribution >= 4 is 11.9 Å². The van der Waals surface area contributed by atoms with E-state index < -0.39 is 0 Å². The first-order chi connectivity index (χ1) is 13.1. The summed E-state index contributed by atoms with van der Waals surface area (Å²) in [5.74, 6) is 2.49. The molecule has 0 saturated heterocycles. The zero-order chi connectivity index (χ0) is 18.7. The number of urea groups is 1. The van der Waals surface area contributed by atoms with E-state index in [1.54, 1.807) is 0 Å². The maximum Gasteiger partial charge on any atom is 0.315 e. The molecule has 5 nitrogen and oxygen atoms in total. The summed E-state index contributed by atoms with van der Waals surface area (Å²) in [7, 11) is 0. The standard InChI is InChI=1S/C22H35N3O2/c26-20(23-8-6-16-4-2-1-3-5-16)7-9-24-21(27)25-22-13-17-10-18(14-22)12-19(11-17)15-22/h4,17-19H,1-3,5-15H2,(H,23,26)(H2,24,25,27). The van der Waals surface area contributed by atoms with Crippen molar-refractivity contribution in [2.75, 3.05) is 13.1 Å². The lowest BCUT2D eigenvalue weighted by atomic mass is 9.53. The molecule has 0 aromatic carbocycles. The first-order valence-electron chi connectivity index (χ1n) is 11.1. The lowest BCUT2D eigenvalue weighted by Crippen LogP contribution is -2.61. The first kappa shape index (κ1) is 18.8. The molecule has 0 aliphatic heterocycles. The molecule has 0 aromatic heterocycles. The zero-order valence-corrected chi connectivity index (χ0v) is 16.5. The lowest BCUT2D eigenvalue weighted by Gasteiger charge is -2.56. The molecule has 0 atom stereocenters. The Labute approximate surface area is 163 Å². The van der Waals surface area contributed by atoms with Gasteiger partial charge in [-0.1, -0.05) is 11.6 Å². The number of carbonyl (C=O) groups excluding carboxylic acids is 2. The number of carbonyl (C=O) groups is 2. The Kier molecular flexibility index (Phi) is 5.74. The van der Waals surface area contributed by atoms with Crippen LogP contribution in [0.5, 0.6) is 0 Å². The van der Waals surface area contributed by atoms with Gasteiger partial charge in [0.1, 0.15) is 0 Å². The predicted molar refractivity (Wildman–Crippen MR) is 106 cm³/mol. The van der Waals surface area contributed by atoms with Gasteiger partial charge < -0.3 is 16.0 Å². The maximum atomic E-state index is 12.4. The van der Waals surface area contributed by atoms with Crippen LogP contribution in [0.15, 0.2) is 11.6 Å². The summed E-state index contributed by atoms with van der Waals surface area (Å²) < 4.78 is 0. The van der Waals surface area contributed by atoms with Crippen LogP contribution in [0.1, 0.15) is 77.0 Å². The number of hydrogen-bond acceptors (Lipinski definition) is 2. The Morgan fingerprint density at radius 1 is 0.963 bits per heavy atom. The summed E-state index contributed by atoms with van der Waals surface area (Å²) >= 11 is 0. The van der Waals surface area contributed by atoms with Gasteiger partial charge in [0.2, 0.25) is 5.91 Å². The average molecular weight is 374 g/mol. The average Bonchev–Trinajstić information content (AvgIpc) is 2.61. The number of allylic oxidation sites excluding steroid dienone is 1. The van der Waals surface area contributed by atoms with E-state index in [-0.39, 0.29) is 17.5 Å². The van der Waals surface area contributed by atoms with E-state index in [1.807, 2.05) is 0 Å². The van der Waals surface area contributed by atoms with Crippen LogP contribution in [-0.2, 0) is 4.79 Å². The van der Waals surface area contributed by atoms with Gasteiger partial charge in [-0.05, 0) is 88.4 Å². The Balaban J connectivity index is 1.12. The summed E-state index contributed by atoms with van der Waals surface area (Å²) in [6.07, 6.45) is 16.2. The third-order valence-corrected chi connectivity index (χ3v) is 7.21. The fourth-order valence-corrected chi connectivity index (χ4v) is 6.42. The summed E-state index contributed by atoms with van der Waals surface area (Å²) in [4.78, 5) is 24.3. The van der Waals surface area contributed by atoms with E-state index in [0.717, 1.165) is 43.4 Å². The molecule has 4 fully saturated rings. The van der Waals surface area contributed by atoms with Crippen molar-refractivity contribution in [2.45, 2.75) is 82.6 Å². The molecule has 0 unspecified atom stereocenters. The van der Waals surface area contributed by atoms with Gasteiger partial charge in [0.15, 0.2) is 0 Å². The summed E-state index contributed by atoms with van der Waals surface area (Å²) in [5.41, 5.74) is 1.52. The van der Waals surface area contributed by atoms with Gasteiger partial charge in [0.25, 0.3) is 0 Å². The highest BCUT2D eigenvalue weighted by atomic mass is 16.2. The van der Waals surface area contributed by atoms with Crippen LogP contribution in [0.3, 0.4) is 0 Å². The molecule has 3 amide bonds. The number of rotatable bonds is 7. The van der Waals surface area contributed by atoms with Crippen LogP contribution in [-0.4, -0.2) is 30.6 Å². The Morgan fingerprint density at radius 3 is 2.30 bits per heavy atom. The highest BCUT2D eigenvalue weighted by Gasteiger charge is 2.51. The fourth-order valence-electron chi connectivity index (χ4n) is 6.42. The number of amides is 3. The van der Waals surface area contributed by atoms with E-state index in [1.165, 1.54) is 50.5 Å².